The molecule has 0 radical (unpaired) electrons. The summed E-state index contributed by atoms with van der Waals surface area (Å²) in [5, 5.41) is 27.2. The van der Waals surface area contributed by atoms with Crippen LogP contribution in [0.3, 0.4) is 0 Å². The van der Waals surface area contributed by atoms with Gasteiger partial charge in [-0.2, -0.15) is 10.2 Å². The SMILES string of the molecule is Oc1ccc(N=C2C=CC(=NN=C3C=CC(=Nc4ccc(O)cc4)C=C3)C=C2)cc1. The van der Waals surface area contributed by atoms with Crippen molar-refractivity contribution in [1.29, 1.82) is 0 Å². The van der Waals surface area contributed by atoms with E-state index in [-0.39, 0.29) is 11.5 Å². The van der Waals surface area contributed by atoms with Gasteiger partial charge in [0.05, 0.1) is 34.2 Å². The van der Waals surface area contributed by atoms with E-state index in [1.54, 1.807) is 48.5 Å². The molecule has 4 rings (SSSR count). The number of aromatic hydroxyl groups is 2. The molecule has 0 aromatic heterocycles. The quantitative estimate of drug-likeness (QED) is 0.567. The number of nitrogens with zero attached hydrogens (tertiary/aromatic N) is 4. The van der Waals surface area contributed by atoms with E-state index in [0.29, 0.717) is 0 Å². The standard InChI is InChI=1S/C24H18N4O2/c29-23-13-9-19(10-14-23)25-17-1-5-21(6-2-17)27-28-22-7-3-18(4-8-22)26-20-11-15-24(30)16-12-20/h1-16,29-30H. The van der Waals surface area contributed by atoms with E-state index in [1.807, 2.05) is 48.6 Å². The Hall–Kier alpha value is -4.32. The topological polar surface area (TPSA) is 89.9 Å². The Morgan fingerprint density at radius 1 is 0.400 bits per heavy atom. The van der Waals surface area contributed by atoms with Crippen molar-refractivity contribution < 1.29 is 10.2 Å². The summed E-state index contributed by atoms with van der Waals surface area (Å²) in [5.41, 5.74) is 4.55. The van der Waals surface area contributed by atoms with Gasteiger partial charge in [-0.3, -0.25) is 0 Å². The Bertz CT molecular complexity index is 1050. The highest BCUT2D eigenvalue weighted by molar-refractivity contribution is 6.20. The van der Waals surface area contributed by atoms with Crippen molar-refractivity contribution in [1.82, 2.24) is 0 Å². The molecular weight excluding hydrogens is 376 g/mol. The summed E-state index contributed by atoms with van der Waals surface area (Å²) in [6.45, 7) is 0. The van der Waals surface area contributed by atoms with Crippen LogP contribution in [-0.2, 0) is 0 Å². The van der Waals surface area contributed by atoms with E-state index in [0.717, 1.165) is 34.2 Å². The van der Waals surface area contributed by atoms with Crippen LogP contribution in [0.1, 0.15) is 0 Å². The summed E-state index contributed by atoms with van der Waals surface area (Å²) in [6.07, 6.45) is 14.8. The second kappa shape index (κ2) is 8.79. The zero-order chi connectivity index (χ0) is 20.8. The van der Waals surface area contributed by atoms with Gasteiger partial charge in [-0.1, -0.05) is 0 Å². The van der Waals surface area contributed by atoms with Crippen molar-refractivity contribution in [2.75, 3.05) is 0 Å². The van der Waals surface area contributed by atoms with Gasteiger partial charge in [-0.15, -0.1) is 0 Å². The number of hydrogen-bond donors (Lipinski definition) is 2. The smallest absolute Gasteiger partial charge is 0.115 e. The fraction of sp³-hybridized carbons (Fsp3) is 0. The summed E-state index contributed by atoms with van der Waals surface area (Å²) >= 11 is 0. The molecule has 0 fully saturated rings. The molecule has 2 aliphatic carbocycles. The molecule has 0 amide bonds. The van der Waals surface area contributed by atoms with Crippen LogP contribution in [-0.4, -0.2) is 33.1 Å². The van der Waals surface area contributed by atoms with Crippen LogP contribution in [0.15, 0.2) is 117 Å². The number of allylic oxidation sites excluding steroid dienone is 8. The van der Waals surface area contributed by atoms with Gasteiger partial charge < -0.3 is 10.2 Å². The summed E-state index contributed by atoms with van der Waals surface area (Å²) < 4.78 is 0. The maximum atomic E-state index is 9.32. The minimum Gasteiger partial charge on any atom is -0.508 e. The highest BCUT2D eigenvalue weighted by Crippen LogP contribution is 2.19. The molecule has 30 heavy (non-hydrogen) atoms. The Morgan fingerprint density at radius 2 is 0.700 bits per heavy atom. The molecule has 2 aliphatic rings. The number of phenolic OH excluding ortho intramolecular Hbond substituents is 2. The maximum absolute atomic E-state index is 9.32. The van der Waals surface area contributed by atoms with E-state index in [9.17, 15) is 10.2 Å². The van der Waals surface area contributed by atoms with E-state index in [2.05, 4.69) is 20.2 Å². The third-order valence-electron chi connectivity index (χ3n) is 4.20. The van der Waals surface area contributed by atoms with Crippen molar-refractivity contribution in [3.05, 3.63) is 97.1 Å². The number of rotatable bonds is 3. The third-order valence-corrected chi connectivity index (χ3v) is 4.20. The molecule has 0 atom stereocenters. The first-order chi connectivity index (χ1) is 14.6. The lowest BCUT2D eigenvalue weighted by Gasteiger charge is -2.03. The third kappa shape index (κ3) is 5.14. The van der Waals surface area contributed by atoms with Gasteiger partial charge in [-0.05, 0) is 97.1 Å². The van der Waals surface area contributed by atoms with E-state index >= 15 is 0 Å². The molecule has 0 unspecified atom stereocenters. The van der Waals surface area contributed by atoms with Crippen LogP contribution in [0.2, 0.25) is 0 Å². The number of hydrogen-bond acceptors (Lipinski definition) is 6. The van der Waals surface area contributed by atoms with E-state index in [1.165, 1.54) is 0 Å². The number of benzene rings is 2. The molecule has 146 valence electrons. The molecule has 0 spiro atoms. The summed E-state index contributed by atoms with van der Waals surface area (Å²) in [7, 11) is 0. The van der Waals surface area contributed by atoms with Gasteiger partial charge in [0.2, 0.25) is 0 Å². The van der Waals surface area contributed by atoms with Gasteiger partial charge in [0, 0.05) is 0 Å². The minimum absolute atomic E-state index is 0.215. The molecule has 0 saturated heterocycles. The summed E-state index contributed by atoms with van der Waals surface area (Å²) in [5.74, 6) is 0.429. The van der Waals surface area contributed by atoms with Gasteiger partial charge in [0.1, 0.15) is 11.5 Å². The van der Waals surface area contributed by atoms with E-state index in [4.69, 9.17) is 0 Å². The average Bonchev–Trinajstić information content (AvgIpc) is 2.77. The fourth-order valence-corrected chi connectivity index (χ4v) is 2.66. The molecular formula is C24H18N4O2. The van der Waals surface area contributed by atoms with Crippen LogP contribution in [0.5, 0.6) is 11.5 Å². The van der Waals surface area contributed by atoms with Gasteiger partial charge in [-0.25, -0.2) is 9.98 Å². The number of phenols is 2. The first-order valence-corrected chi connectivity index (χ1v) is 9.27. The van der Waals surface area contributed by atoms with E-state index < -0.39 is 0 Å². The first-order valence-electron chi connectivity index (χ1n) is 9.27. The molecule has 2 aromatic rings. The first kappa shape index (κ1) is 19.0. The molecule has 0 saturated carbocycles. The van der Waals surface area contributed by atoms with Crippen molar-refractivity contribution in [3.63, 3.8) is 0 Å². The second-order valence-electron chi connectivity index (χ2n) is 6.49. The molecule has 0 heterocycles. The van der Waals surface area contributed by atoms with Crippen LogP contribution >= 0.6 is 0 Å². The van der Waals surface area contributed by atoms with Crippen molar-refractivity contribution in [2.24, 2.45) is 20.2 Å². The Labute approximate surface area is 173 Å². The summed E-state index contributed by atoms with van der Waals surface area (Å²) in [6, 6.07) is 13.4. The highest BCUT2D eigenvalue weighted by atomic mass is 16.3. The predicted molar refractivity (Wildman–Crippen MR) is 122 cm³/mol. The second-order valence-corrected chi connectivity index (χ2v) is 6.49. The summed E-state index contributed by atoms with van der Waals surface area (Å²) in [4.78, 5) is 8.97. The Balaban J connectivity index is 1.40. The van der Waals surface area contributed by atoms with Crippen LogP contribution in [0, 0.1) is 0 Å². The van der Waals surface area contributed by atoms with Crippen molar-refractivity contribution in [3.8, 4) is 11.5 Å². The van der Waals surface area contributed by atoms with Gasteiger partial charge in [0.15, 0.2) is 0 Å². The lowest BCUT2D eigenvalue weighted by atomic mass is 10.1. The van der Waals surface area contributed by atoms with Crippen molar-refractivity contribution >= 4 is 34.2 Å². The zero-order valence-corrected chi connectivity index (χ0v) is 15.9. The Morgan fingerprint density at radius 3 is 1.03 bits per heavy atom. The minimum atomic E-state index is 0.215. The molecule has 6 heteroatoms. The maximum Gasteiger partial charge on any atom is 0.115 e. The monoisotopic (exact) mass is 394 g/mol. The van der Waals surface area contributed by atoms with Gasteiger partial charge >= 0.3 is 0 Å². The van der Waals surface area contributed by atoms with Crippen molar-refractivity contribution in [2.45, 2.75) is 0 Å². The zero-order valence-electron chi connectivity index (χ0n) is 15.9. The fourth-order valence-electron chi connectivity index (χ4n) is 2.66. The lowest BCUT2D eigenvalue weighted by Crippen LogP contribution is -2.01. The largest absolute Gasteiger partial charge is 0.508 e. The van der Waals surface area contributed by atoms with Gasteiger partial charge in [0.25, 0.3) is 0 Å². The van der Waals surface area contributed by atoms with Crippen LogP contribution < -0.4 is 0 Å². The van der Waals surface area contributed by atoms with Crippen LogP contribution in [0.4, 0.5) is 11.4 Å². The predicted octanol–water partition coefficient (Wildman–Crippen LogP) is 4.99. The molecule has 2 N–H and O–H groups in total. The molecule has 2 aromatic carbocycles. The van der Waals surface area contributed by atoms with Crippen LogP contribution in [0.25, 0.3) is 0 Å². The Kier molecular flexibility index (Phi) is 5.57. The average molecular weight is 394 g/mol. The number of aliphatic imine (C=N–C) groups is 2. The highest BCUT2D eigenvalue weighted by Gasteiger charge is 2.02. The molecule has 0 bridgehead atoms. The molecule has 6 nitrogen and oxygen atoms in total. The lowest BCUT2D eigenvalue weighted by molar-refractivity contribution is 0.475. The molecule has 0 aliphatic heterocycles. The normalized spacial score (nSPS) is 14.8.